The van der Waals surface area contributed by atoms with Gasteiger partial charge in [-0.3, -0.25) is 4.79 Å². The largest absolute Gasteiger partial charge is 0.616 e. The first kappa shape index (κ1) is 11.1. The molecule has 0 bridgehead atoms. The third-order valence-electron chi connectivity index (χ3n) is 1.88. The number of benzene rings is 1. The van der Waals surface area contributed by atoms with Gasteiger partial charge in [0, 0.05) is 5.56 Å². The molecule has 1 amide bonds. The number of hydrogen-bond acceptors (Lipinski definition) is 2. The van der Waals surface area contributed by atoms with E-state index in [2.05, 4.69) is 0 Å². The molecule has 0 fully saturated rings. The van der Waals surface area contributed by atoms with Crippen molar-refractivity contribution in [2.75, 3.05) is 5.75 Å². The number of primary amides is 1. The lowest BCUT2D eigenvalue weighted by molar-refractivity contribution is -0.115. The van der Waals surface area contributed by atoms with Crippen molar-refractivity contribution in [1.82, 2.24) is 0 Å². The van der Waals surface area contributed by atoms with E-state index in [1.54, 1.807) is 0 Å². The highest BCUT2D eigenvalue weighted by Gasteiger charge is 2.12. The van der Waals surface area contributed by atoms with Gasteiger partial charge in [-0.2, -0.15) is 0 Å². The Morgan fingerprint density at radius 2 is 2.14 bits per heavy atom. The van der Waals surface area contributed by atoms with Crippen LogP contribution in [-0.2, 0) is 21.7 Å². The second kappa shape index (κ2) is 5.02. The van der Waals surface area contributed by atoms with Crippen LogP contribution in [0.1, 0.15) is 11.1 Å². The Morgan fingerprint density at radius 3 is 2.71 bits per heavy atom. The lowest BCUT2D eigenvalue weighted by Gasteiger charge is -2.10. The predicted molar refractivity (Wildman–Crippen MR) is 57.1 cm³/mol. The lowest BCUT2D eigenvalue weighted by atomic mass is 10.1. The minimum Gasteiger partial charge on any atom is -0.616 e. The molecule has 1 atom stereocenters. The van der Waals surface area contributed by atoms with Crippen LogP contribution in [-0.4, -0.2) is 16.2 Å². The summed E-state index contributed by atoms with van der Waals surface area (Å²) in [4.78, 5) is 10.5. The molecule has 0 saturated heterocycles. The van der Waals surface area contributed by atoms with Crippen molar-refractivity contribution in [3.63, 3.8) is 0 Å². The van der Waals surface area contributed by atoms with E-state index >= 15 is 0 Å². The zero-order chi connectivity index (χ0) is 10.6. The Hall–Kier alpha value is -1.00. The van der Waals surface area contributed by atoms with Crippen LogP contribution in [0.25, 0.3) is 0 Å². The average Bonchev–Trinajstić information content (AvgIpc) is 2.07. The van der Waals surface area contributed by atoms with Crippen molar-refractivity contribution in [2.24, 2.45) is 5.73 Å². The third-order valence-corrected chi connectivity index (χ3v) is 3.12. The smallest absolute Gasteiger partial charge is 0.267 e. The maximum absolute atomic E-state index is 11.4. The van der Waals surface area contributed by atoms with Crippen LogP contribution >= 0.6 is 0 Å². The number of hydrogen-bond donors (Lipinski definition) is 1. The third kappa shape index (κ3) is 3.40. The maximum Gasteiger partial charge on any atom is 0.267 e. The van der Waals surface area contributed by atoms with Crippen LogP contribution in [0.3, 0.4) is 0 Å². The highest BCUT2D eigenvalue weighted by atomic mass is 32.2. The fourth-order valence-corrected chi connectivity index (χ4v) is 2.25. The number of rotatable bonds is 4. The van der Waals surface area contributed by atoms with Crippen LogP contribution in [0.15, 0.2) is 24.3 Å². The average molecular weight is 211 g/mol. The summed E-state index contributed by atoms with van der Waals surface area (Å²) in [5, 5.41) is 0. The fourth-order valence-electron chi connectivity index (χ4n) is 1.16. The van der Waals surface area contributed by atoms with Crippen molar-refractivity contribution < 1.29 is 9.35 Å². The van der Waals surface area contributed by atoms with Gasteiger partial charge in [0.25, 0.3) is 5.91 Å². The normalized spacial score (nSPS) is 12.4. The van der Waals surface area contributed by atoms with Crippen LogP contribution in [0.2, 0.25) is 0 Å². The van der Waals surface area contributed by atoms with Gasteiger partial charge in [-0.15, -0.1) is 0 Å². The summed E-state index contributed by atoms with van der Waals surface area (Å²) in [7, 11) is 0. The van der Waals surface area contributed by atoms with E-state index in [-0.39, 0.29) is 5.75 Å². The highest BCUT2D eigenvalue weighted by molar-refractivity contribution is 7.91. The molecule has 1 aromatic rings. The van der Waals surface area contributed by atoms with Crippen LogP contribution in [0, 0.1) is 6.92 Å². The van der Waals surface area contributed by atoms with Crippen molar-refractivity contribution in [3.05, 3.63) is 35.4 Å². The predicted octanol–water partition coefficient (Wildman–Crippen LogP) is 0.729. The first-order valence-corrected chi connectivity index (χ1v) is 5.76. The Kier molecular flexibility index (Phi) is 3.98. The van der Waals surface area contributed by atoms with E-state index in [9.17, 15) is 9.35 Å². The van der Waals surface area contributed by atoms with E-state index in [1.807, 2.05) is 31.2 Å². The molecule has 0 saturated carbocycles. The van der Waals surface area contributed by atoms with Gasteiger partial charge < -0.3 is 10.3 Å². The highest BCUT2D eigenvalue weighted by Crippen LogP contribution is 2.11. The molecule has 76 valence electrons. The molecule has 0 aliphatic rings. The molecule has 0 aromatic heterocycles. The number of nitrogens with two attached hydrogens (primary N) is 1. The van der Waals surface area contributed by atoms with Crippen LogP contribution < -0.4 is 5.73 Å². The monoisotopic (exact) mass is 211 g/mol. The molecular formula is C10H13NO2S. The van der Waals surface area contributed by atoms with Gasteiger partial charge in [-0.1, -0.05) is 24.3 Å². The molecule has 1 rings (SSSR count). The van der Waals surface area contributed by atoms with E-state index in [1.165, 1.54) is 0 Å². The SMILES string of the molecule is Cc1ccccc1C[S+]([O-])CC(N)=O. The van der Waals surface area contributed by atoms with Gasteiger partial charge in [0.05, 0.1) is 0 Å². The summed E-state index contributed by atoms with van der Waals surface area (Å²) in [6.45, 7) is 1.96. The first-order valence-electron chi connectivity index (χ1n) is 4.27. The van der Waals surface area contributed by atoms with Gasteiger partial charge in [0.2, 0.25) is 0 Å². The van der Waals surface area contributed by atoms with Crippen LogP contribution in [0.5, 0.6) is 0 Å². The first-order chi connectivity index (χ1) is 6.59. The summed E-state index contributed by atoms with van der Waals surface area (Å²) in [6, 6.07) is 7.69. The molecule has 0 aliphatic carbocycles. The zero-order valence-electron chi connectivity index (χ0n) is 8.03. The molecule has 3 nitrogen and oxygen atoms in total. The zero-order valence-corrected chi connectivity index (χ0v) is 8.84. The molecule has 0 aliphatic heterocycles. The van der Waals surface area contributed by atoms with Crippen LogP contribution in [0.4, 0.5) is 0 Å². The van der Waals surface area contributed by atoms with Gasteiger partial charge in [-0.25, -0.2) is 0 Å². The quantitative estimate of drug-likeness (QED) is 0.746. The Labute approximate surface area is 86.5 Å². The topological polar surface area (TPSA) is 66.2 Å². The second-order valence-corrected chi connectivity index (χ2v) is 4.58. The second-order valence-electron chi connectivity index (χ2n) is 3.12. The molecule has 1 unspecified atom stereocenters. The number of carbonyl (C=O) groups is 1. The molecular weight excluding hydrogens is 198 g/mol. The molecule has 0 heterocycles. The van der Waals surface area contributed by atoms with Crippen molar-refractivity contribution in [1.29, 1.82) is 0 Å². The number of aryl methyl sites for hydroxylation is 1. The van der Waals surface area contributed by atoms with Gasteiger partial charge >= 0.3 is 0 Å². The number of carbonyl (C=O) groups excluding carboxylic acids is 1. The minimum absolute atomic E-state index is 0.0612. The standard InChI is InChI=1S/C10H13NO2S/c1-8-4-2-3-5-9(8)6-14(13)7-10(11)12/h2-5H,6-7H2,1H3,(H2,11,12). The van der Waals surface area contributed by atoms with E-state index in [0.717, 1.165) is 11.1 Å². The van der Waals surface area contributed by atoms with Crippen molar-refractivity contribution >= 4 is 17.1 Å². The van der Waals surface area contributed by atoms with Crippen molar-refractivity contribution in [3.8, 4) is 0 Å². The van der Waals surface area contributed by atoms with E-state index in [4.69, 9.17) is 5.73 Å². The fraction of sp³-hybridized carbons (Fsp3) is 0.300. The lowest BCUT2D eigenvalue weighted by Crippen LogP contribution is -2.24. The summed E-state index contributed by atoms with van der Waals surface area (Å²) in [6.07, 6.45) is 0. The summed E-state index contributed by atoms with van der Waals surface area (Å²) in [5.74, 6) is -0.179. The molecule has 1 aromatic carbocycles. The Morgan fingerprint density at radius 1 is 1.50 bits per heavy atom. The molecule has 2 N–H and O–H groups in total. The molecule has 4 heteroatoms. The van der Waals surface area contributed by atoms with E-state index in [0.29, 0.717) is 5.75 Å². The molecule has 0 radical (unpaired) electrons. The van der Waals surface area contributed by atoms with Gasteiger partial charge in [0.1, 0.15) is 5.75 Å². The van der Waals surface area contributed by atoms with Crippen molar-refractivity contribution in [2.45, 2.75) is 12.7 Å². The molecule has 0 spiro atoms. The van der Waals surface area contributed by atoms with Gasteiger partial charge in [0.15, 0.2) is 5.75 Å². The Bertz CT molecular complexity index is 328. The van der Waals surface area contributed by atoms with E-state index < -0.39 is 17.1 Å². The maximum atomic E-state index is 11.4. The Balaban J connectivity index is 2.60. The summed E-state index contributed by atoms with van der Waals surface area (Å²) >= 11 is -1.19. The minimum atomic E-state index is -1.19. The summed E-state index contributed by atoms with van der Waals surface area (Å²) < 4.78 is 11.4. The summed E-state index contributed by atoms with van der Waals surface area (Å²) in [5.41, 5.74) is 7.05. The van der Waals surface area contributed by atoms with Gasteiger partial charge in [-0.05, 0) is 23.7 Å². The molecule has 14 heavy (non-hydrogen) atoms. The number of amides is 1.